The maximum absolute atomic E-state index is 11.7. The van der Waals surface area contributed by atoms with Crippen molar-refractivity contribution in [1.29, 1.82) is 0 Å². The minimum absolute atomic E-state index is 0. The molecule has 0 saturated carbocycles. The number of anilines is 2. The van der Waals surface area contributed by atoms with Crippen LogP contribution >= 0.6 is 12.4 Å². The molecule has 0 spiro atoms. The Bertz CT molecular complexity index is 1330. The highest BCUT2D eigenvalue weighted by Gasteiger charge is 2.22. The summed E-state index contributed by atoms with van der Waals surface area (Å²) < 4.78 is 5.31. The Labute approximate surface area is 204 Å². The van der Waals surface area contributed by atoms with E-state index in [0.717, 1.165) is 16.9 Å². The lowest BCUT2D eigenvalue weighted by molar-refractivity contribution is 0.414. The van der Waals surface area contributed by atoms with Crippen molar-refractivity contribution in [3.63, 3.8) is 0 Å². The van der Waals surface area contributed by atoms with E-state index in [1.54, 1.807) is 13.2 Å². The predicted octanol–water partition coefficient (Wildman–Crippen LogP) is 4.91. The van der Waals surface area contributed by atoms with Crippen LogP contribution in [0, 0.1) is 6.92 Å². The largest absolute Gasteiger partial charge is 0.502 e. The second-order valence-corrected chi connectivity index (χ2v) is 8.14. The number of methoxy groups -OCH3 is 1. The molecule has 0 aromatic heterocycles. The number of benzene rings is 3. The van der Waals surface area contributed by atoms with Crippen molar-refractivity contribution in [3.8, 4) is 11.5 Å². The Hall–Kier alpha value is -3.61. The molecule has 0 radical (unpaired) electrons. The zero-order chi connectivity index (χ0) is 23.5. The second kappa shape index (κ2) is 10.5. The number of halogens is 1. The molecule has 176 valence electrons. The van der Waals surface area contributed by atoms with Crippen LogP contribution in [-0.4, -0.2) is 12.2 Å². The van der Waals surface area contributed by atoms with Crippen molar-refractivity contribution in [3.05, 3.63) is 115 Å². The van der Waals surface area contributed by atoms with Gasteiger partial charge in [0.25, 0.3) is 10.9 Å². The molecule has 0 aliphatic rings. The first-order chi connectivity index (χ1) is 15.9. The Morgan fingerprint density at radius 3 is 2.12 bits per heavy atom. The molecule has 2 atom stereocenters. The zero-order valence-electron chi connectivity index (χ0n) is 19.2. The third-order valence-corrected chi connectivity index (χ3v) is 5.82. The highest BCUT2D eigenvalue weighted by molar-refractivity contribution is 5.85. The molecule has 3 N–H and O–H groups in total. The summed E-state index contributed by atoms with van der Waals surface area (Å²) in [7, 11) is 1.63. The Kier molecular flexibility index (Phi) is 7.76. The van der Waals surface area contributed by atoms with E-state index in [1.165, 1.54) is 11.1 Å². The molecule has 0 aliphatic carbocycles. The summed E-state index contributed by atoms with van der Waals surface area (Å²) in [5.74, 6) is 0.248. The summed E-state index contributed by atoms with van der Waals surface area (Å²) in [4.78, 5) is 23.1. The van der Waals surface area contributed by atoms with E-state index in [4.69, 9.17) is 4.74 Å². The molecule has 1 unspecified atom stereocenters. The smallest absolute Gasteiger partial charge is 0.271 e. The summed E-state index contributed by atoms with van der Waals surface area (Å²) >= 11 is 0. The van der Waals surface area contributed by atoms with Crippen LogP contribution in [0.15, 0.2) is 82.4 Å². The average Bonchev–Trinajstić information content (AvgIpc) is 2.85. The summed E-state index contributed by atoms with van der Waals surface area (Å²) in [5, 5.41) is 16.3. The van der Waals surface area contributed by atoms with Gasteiger partial charge in [-0.05, 0) is 54.8 Å². The first-order valence-electron chi connectivity index (χ1n) is 10.7. The molecule has 0 heterocycles. The molecule has 4 aromatic carbocycles. The van der Waals surface area contributed by atoms with E-state index in [1.807, 2.05) is 42.5 Å². The number of ether oxygens (including phenoxy) is 1. The molecular formula is C27H27ClN2O4. The van der Waals surface area contributed by atoms with Gasteiger partial charge in [-0.25, -0.2) is 0 Å². The Balaban J connectivity index is 0.00000324. The number of aromatic hydroxyl groups is 1. The molecule has 0 saturated heterocycles. The van der Waals surface area contributed by atoms with Crippen LogP contribution in [0.3, 0.4) is 0 Å². The molecule has 6 nitrogen and oxygen atoms in total. The lowest BCUT2D eigenvalue weighted by Crippen LogP contribution is -2.32. The normalized spacial score (nSPS) is 12.6. The standard InChI is InChI=1S/C27H26N2O4.ClH/c1-16-7-9-18(10-8-16)17(2)28-23(19-11-13-22(33-3)14-12-19)20-5-4-6-21(15-20)29-24-25(30)27(32)26(24)31;/h4-15,17,23,28-30H,1-3H3;1H/t17-,23?;/m1./s1. The minimum Gasteiger partial charge on any atom is -0.502 e. The van der Waals surface area contributed by atoms with E-state index in [9.17, 15) is 14.7 Å². The van der Waals surface area contributed by atoms with Gasteiger partial charge in [0.2, 0.25) is 0 Å². The van der Waals surface area contributed by atoms with Gasteiger partial charge in [-0.1, -0.05) is 54.1 Å². The van der Waals surface area contributed by atoms with Crippen LogP contribution in [0.5, 0.6) is 11.5 Å². The second-order valence-electron chi connectivity index (χ2n) is 8.14. The number of rotatable bonds is 8. The fourth-order valence-corrected chi connectivity index (χ4v) is 3.82. The van der Waals surface area contributed by atoms with Gasteiger partial charge in [-0.2, -0.15) is 0 Å². The van der Waals surface area contributed by atoms with E-state index >= 15 is 0 Å². The van der Waals surface area contributed by atoms with E-state index < -0.39 is 16.6 Å². The van der Waals surface area contributed by atoms with Crippen LogP contribution in [0.1, 0.15) is 41.3 Å². The number of nitrogens with one attached hydrogen (secondary N) is 2. The predicted molar refractivity (Wildman–Crippen MR) is 138 cm³/mol. The lowest BCUT2D eigenvalue weighted by Gasteiger charge is -2.25. The topological polar surface area (TPSA) is 87.7 Å². The molecule has 0 fully saturated rings. The van der Waals surface area contributed by atoms with Gasteiger partial charge in [0.05, 0.1) is 13.2 Å². The van der Waals surface area contributed by atoms with Crippen molar-refractivity contribution >= 4 is 23.8 Å². The van der Waals surface area contributed by atoms with E-state index in [-0.39, 0.29) is 30.2 Å². The summed E-state index contributed by atoms with van der Waals surface area (Å²) in [5.41, 5.74) is 3.35. The molecule has 4 aromatic rings. The quantitative estimate of drug-likeness (QED) is 0.312. The molecule has 0 amide bonds. The summed E-state index contributed by atoms with van der Waals surface area (Å²) in [6.07, 6.45) is 0. The van der Waals surface area contributed by atoms with E-state index in [2.05, 4.69) is 48.7 Å². The fourth-order valence-electron chi connectivity index (χ4n) is 3.82. The average molecular weight is 479 g/mol. The van der Waals surface area contributed by atoms with Gasteiger partial charge in [0.1, 0.15) is 11.4 Å². The van der Waals surface area contributed by atoms with Gasteiger partial charge in [0.15, 0.2) is 5.75 Å². The maximum Gasteiger partial charge on any atom is 0.271 e. The van der Waals surface area contributed by atoms with Crippen molar-refractivity contribution in [2.45, 2.75) is 25.9 Å². The summed E-state index contributed by atoms with van der Waals surface area (Å²) in [6, 6.07) is 23.8. The maximum atomic E-state index is 11.7. The first kappa shape index (κ1) is 25.0. The highest BCUT2D eigenvalue weighted by atomic mass is 35.5. The Morgan fingerprint density at radius 2 is 1.50 bits per heavy atom. The van der Waals surface area contributed by atoms with E-state index in [0.29, 0.717) is 5.69 Å². The summed E-state index contributed by atoms with van der Waals surface area (Å²) in [6.45, 7) is 4.18. The van der Waals surface area contributed by atoms with Crippen molar-refractivity contribution in [2.24, 2.45) is 0 Å². The van der Waals surface area contributed by atoms with Crippen LogP contribution < -0.4 is 26.2 Å². The van der Waals surface area contributed by atoms with Gasteiger partial charge >= 0.3 is 0 Å². The SMILES string of the molecule is COc1ccc(C(N[C@H](C)c2ccc(C)cc2)c2cccc(Nc3c(O)c(=O)c3=O)c2)cc1.Cl. The third kappa shape index (κ3) is 5.14. The van der Waals surface area contributed by atoms with Crippen molar-refractivity contribution in [2.75, 3.05) is 12.4 Å². The zero-order valence-corrected chi connectivity index (χ0v) is 20.0. The highest BCUT2D eigenvalue weighted by Crippen LogP contribution is 2.30. The molecule has 4 rings (SSSR count). The number of hydrogen-bond acceptors (Lipinski definition) is 6. The van der Waals surface area contributed by atoms with Gasteiger partial charge in [0, 0.05) is 11.7 Å². The minimum atomic E-state index is -0.863. The Morgan fingerprint density at radius 1 is 0.853 bits per heavy atom. The monoisotopic (exact) mass is 478 g/mol. The van der Waals surface area contributed by atoms with Crippen molar-refractivity contribution in [1.82, 2.24) is 5.32 Å². The van der Waals surface area contributed by atoms with Crippen LogP contribution in [0.2, 0.25) is 0 Å². The van der Waals surface area contributed by atoms with Gasteiger partial charge in [-0.15, -0.1) is 12.4 Å². The number of hydrogen-bond donors (Lipinski definition) is 3. The molecule has 0 aliphatic heterocycles. The molecule has 34 heavy (non-hydrogen) atoms. The van der Waals surface area contributed by atoms with Gasteiger partial charge in [-0.3, -0.25) is 14.9 Å². The van der Waals surface area contributed by atoms with Crippen LogP contribution in [-0.2, 0) is 0 Å². The lowest BCUT2D eigenvalue weighted by atomic mass is 9.96. The molecular weight excluding hydrogens is 452 g/mol. The fraction of sp³-hybridized carbons (Fsp3) is 0.185. The molecule has 0 bridgehead atoms. The van der Waals surface area contributed by atoms with Gasteiger partial charge < -0.3 is 15.2 Å². The van der Waals surface area contributed by atoms with Crippen molar-refractivity contribution < 1.29 is 9.84 Å². The van der Waals surface area contributed by atoms with Crippen LogP contribution in [0.25, 0.3) is 0 Å². The third-order valence-electron chi connectivity index (χ3n) is 5.82. The number of aryl methyl sites for hydroxylation is 1. The molecule has 7 heteroatoms. The first-order valence-corrected chi connectivity index (χ1v) is 10.7. The van der Waals surface area contributed by atoms with Crippen LogP contribution in [0.4, 0.5) is 11.4 Å².